The van der Waals surface area contributed by atoms with Crippen molar-refractivity contribution in [1.82, 2.24) is 14.5 Å². The largest absolute Gasteiger partial charge is 0.328 e. The molecule has 0 atom stereocenters. The smallest absolute Gasteiger partial charge is 0.294 e. The highest BCUT2D eigenvalue weighted by Gasteiger charge is 2.04. The summed E-state index contributed by atoms with van der Waals surface area (Å²) in [6.07, 6.45) is 3.21. The molecule has 84 valence electrons. The molecule has 5 nitrogen and oxygen atoms in total. The Kier molecular flexibility index (Phi) is 3.06. The van der Waals surface area contributed by atoms with Gasteiger partial charge in [-0.2, -0.15) is 0 Å². The summed E-state index contributed by atoms with van der Waals surface area (Å²) in [6.45, 7) is 2.32. The first-order chi connectivity index (χ1) is 7.56. The van der Waals surface area contributed by atoms with Crippen molar-refractivity contribution in [2.24, 2.45) is 0 Å². The lowest BCUT2D eigenvalue weighted by Gasteiger charge is -2.02. The van der Waals surface area contributed by atoms with Crippen LogP contribution in [0.15, 0.2) is 26.5 Å². The molecule has 0 aromatic carbocycles. The molecule has 0 saturated carbocycles. The van der Waals surface area contributed by atoms with Crippen molar-refractivity contribution in [3.63, 3.8) is 0 Å². The highest BCUT2D eigenvalue weighted by Crippen LogP contribution is 2.12. The van der Waals surface area contributed by atoms with E-state index in [-0.39, 0.29) is 0 Å². The normalized spacial score (nSPS) is 10.6. The maximum absolute atomic E-state index is 11.5. The van der Waals surface area contributed by atoms with Gasteiger partial charge in [-0.3, -0.25) is 14.3 Å². The molecule has 0 aliphatic carbocycles. The van der Waals surface area contributed by atoms with Gasteiger partial charge in [-0.15, -0.1) is 11.3 Å². The first-order valence-corrected chi connectivity index (χ1v) is 6.08. The minimum atomic E-state index is -0.417. The summed E-state index contributed by atoms with van der Waals surface area (Å²) in [5, 5.41) is 0.950. The van der Waals surface area contributed by atoms with Crippen molar-refractivity contribution >= 4 is 27.3 Å². The number of nitrogens with one attached hydrogen (secondary N) is 1. The van der Waals surface area contributed by atoms with Crippen LogP contribution in [0.4, 0.5) is 0 Å². The van der Waals surface area contributed by atoms with Gasteiger partial charge < -0.3 is 0 Å². The number of hydrogen-bond acceptors (Lipinski definition) is 4. The molecule has 2 aromatic rings. The van der Waals surface area contributed by atoms with E-state index < -0.39 is 11.2 Å². The molecule has 2 heterocycles. The summed E-state index contributed by atoms with van der Waals surface area (Å²) >= 11 is 4.61. The number of rotatable bonds is 2. The lowest BCUT2D eigenvalue weighted by atomic mass is 10.5. The highest BCUT2D eigenvalue weighted by atomic mass is 79.9. The van der Waals surface area contributed by atoms with Gasteiger partial charge in [-0.25, -0.2) is 9.78 Å². The highest BCUT2D eigenvalue weighted by molar-refractivity contribution is 9.10. The average molecular weight is 302 g/mol. The van der Waals surface area contributed by atoms with Crippen molar-refractivity contribution in [3.8, 4) is 0 Å². The third-order valence-electron chi connectivity index (χ3n) is 1.96. The van der Waals surface area contributed by atoms with Gasteiger partial charge in [-0.05, 0) is 22.9 Å². The van der Waals surface area contributed by atoms with E-state index in [1.54, 1.807) is 6.20 Å². The first kappa shape index (κ1) is 11.3. The van der Waals surface area contributed by atoms with E-state index in [2.05, 4.69) is 25.9 Å². The lowest BCUT2D eigenvalue weighted by Crippen LogP contribution is -2.29. The van der Waals surface area contributed by atoms with E-state index in [4.69, 9.17) is 0 Å². The Labute approximate surface area is 103 Å². The standard InChI is InChI=1S/C9H8BrN3O2S/c1-5-11-2-6(16-5)3-13-4-7(10)8(14)12-9(13)15/h2,4H,3H2,1H3,(H,12,14,15). The Balaban J connectivity index is 2.39. The second-order valence-corrected chi connectivity index (χ2v) is 5.38. The third-order valence-corrected chi connectivity index (χ3v) is 3.43. The minimum absolute atomic E-state index is 0.341. The third kappa shape index (κ3) is 2.30. The van der Waals surface area contributed by atoms with Gasteiger partial charge in [-0.1, -0.05) is 0 Å². The van der Waals surface area contributed by atoms with Crippen LogP contribution in [-0.2, 0) is 6.54 Å². The summed E-state index contributed by atoms with van der Waals surface area (Å²) in [6, 6.07) is 0. The molecule has 0 aliphatic heterocycles. The molecular formula is C9H8BrN3O2S. The van der Waals surface area contributed by atoms with Gasteiger partial charge in [0.2, 0.25) is 0 Å². The number of aryl methyl sites for hydroxylation is 1. The van der Waals surface area contributed by atoms with Crippen molar-refractivity contribution in [2.45, 2.75) is 13.5 Å². The average Bonchev–Trinajstić information content (AvgIpc) is 2.60. The maximum atomic E-state index is 11.5. The number of aromatic amines is 1. The summed E-state index contributed by atoms with van der Waals surface area (Å²) < 4.78 is 1.77. The predicted octanol–water partition coefficient (Wildman–Crippen LogP) is 1.11. The first-order valence-electron chi connectivity index (χ1n) is 4.47. The lowest BCUT2D eigenvalue weighted by molar-refractivity contribution is 0.723. The van der Waals surface area contributed by atoms with Crippen LogP contribution in [0.5, 0.6) is 0 Å². The minimum Gasteiger partial charge on any atom is -0.294 e. The molecule has 0 unspecified atom stereocenters. The van der Waals surface area contributed by atoms with Crippen LogP contribution in [0.2, 0.25) is 0 Å². The van der Waals surface area contributed by atoms with E-state index in [0.29, 0.717) is 11.0 Å². The number of aromatic nitrogens is 3. The summed E-state index contributed by atoms with van der Waals surface area (Å²) in [4.78, 5) is 29.9. The molecule has 0 saturated heterocycles. The van der Waals surface area contributed by atoms with Crippen molar-refractivity contribution in [3.05, 3.63) is 47.6 Å². The van der Waals surface area contributed by atoms with Gasteiger partial charge in [0.05, 0.1) is 16.0 Å². The van der Waals surface area contributed by atoms with Crippen molar-refractivity contribution in [2.75, 3.05) is 0 Å². The Hall–Kier alpha value is -1.21. The van der Waals surface area contributed by atoms with Crippen LogP contribution in [0.25, 0.3) is 0 Å². The van der Waals surface area contributed by atoms with Crippen molar-refractivity contribution in [1.29, 1.82) is 0 Å². The Morgan fingerprint density at radius 2 is 2.31 bits per heavy atom. The zero-order chi connectivity index (χ0) is 11.7. The summed E-state index contributed by atoms with van der Waals surface area (Å²) in [5.41, 5.74) is -0.832. The van der Waals surface area contributed by atoms with Crippen molar-refractivity contribution < 1.29 is 0 Å². The van der Waals surface area contributed by atoms with Crippen LogP contribution in [0.3, 0.4) is 0 Å². The second-order valence-electron chi connectivity index (χ2n) is 3.21. The second kappa shape index (κ2) is 4.34. The molecular weight excluding hydrogens is 294 g/mol. The molecule has 16 heavy (non-hydrogen) atoms. The molecule has 0 amide bonds. The van der Waals surface area contributed by atoms with E-state index >= 15 is 0 Å². The molecule has 0 radical (unpaired) electrons. The fraction of sp³-hybridized carbons (Fsp3) is 0.222. The van der Waals surface area contributed by atoms with Crippen LogP contribution >= 0.6 is 27.3 Å². The van der Waals surface area contributed by atoms with Gasteiger partial charge in [0.1, 0.15) is 0 Å². The molecule has 0 fully saturated rings. The monoisotopic (exact) mass is 301 g/mol. The van der Waals surface area contributed by atoms with E-state index in [1.165, 1.54) is 22.1 Å². The van der Waals surface area contributed by atoms with E-state index in [1.807, 2.05) is 6.92 Å². The van der Waals surface area contributed by atoms with Crippen LogP contribution in [0, 0.1) is 6.92 Å². The van der Waals surface area contributed by atoms with E-state index in [9.17, 15) is 9.59 Å². The Bertz CT molecular complexity index is 628. The fourth-order valence-electron chi connectivity index (χ4n) is 1.25. The van der Waals surface area contributed by atoms with Crippen LogP contribution in [0.1, 0.15) is 9.88 Å². The molecule has 2 rings (SSSR count). The quantitative estimate of drug-likeness (QED) is 0.903. The molecule has 7 heteroatoms. The van der Waals surface area contributed by atoms with Gasteiger partial charge in [0.15, 0.2) is 0 Å². The zero-order valence-electron chi connectivity index (χ0n) is 8.36. The molecule has 0 bridgehead atoms. The van der Waals surface area contributed by atoms with Gasteiger partial charge in [0, 0.05) is 17.3 Å². The SMILES string of the molecule is Cc1ncc(Cn2cc(Br)c(=O)[nH]c2=O)s1. The van der Waals surface area contributed by atoms with Gasteiger partial charge in [0.25, 0.3) is 5.56 Å². The number of hydrogen-bond donors (Lipinski definition) is 1. The fourth-order valence-corrected chi connectivity index (χ4v) is 2.39. The molecule has 1 N–H and O–H groups in total. The Morgan fingerprint density at radius 3 is 2.94 bits per heavy atom. The Morgan fingerprint density at radius 1 is 1.56 bits per heavy atom. The number of thiazole rings is 1. The predicted molar refractivity (Wildman–Crippen MR) is 65.0 cm³/mol. The topological polar surface area (TPSA) is 67.8 Å². The van der Waals surface area contributed by atoms with Crippen LogP contribution in [-0.4, -0.2) is 14.5 Å². The number of H-pyrrole nitrogens is 1. The number of nitrogens with zero attached hydrogens (tertiary/aromatic N) is 2. The number of halogens is 1. The zero-order valence-corrected chi connectivity index (χ0v) is 10.8. The molecule has 0 spiro atoms. The van der Waals surface area contributed by atoms with Crippen LogP contribution < -0.4 is 11.2 Å². The molecule has 0 aliphatic rings. The van der Waals surface area contributed by atoms with Gasteiger partial charge >= 0.3 is 5.69 Å². The summed E-state index contributed by atoms with van der Waals surface area (Å²) in [7, 11) is 0. The maximum Gasteiger partial charge on any atom is 0.328 e. The summed E-state index contributed by atoms with van der Waals surface area (Å²) in [5.74, 6) is 0. The molecule has 2 aromatic heterocycles. The van der Waals surface area contributed by atoms with E-state index in [0.717, 1.165) is 9.88 Å².